The summed E-state index contributed by atoms with van der Waals surface area (Å²) in [6, 6.07) is -2.41. The van der Waals surface area contributed by atoms with E-state index in [0.29, 0.717) is 32.2 Å². The van der Waals surface area contributed by atoms with Gasteiger partial charge in [-0.2, -0.15) is 0 Å². The number of carboxylic acids is 1. The third kappa shape index (κ3) is 2.36. The smallest absolute Gasteiger partial charge is 0.326 e. The number of likely N-dealkylation sites (tertiary alicyclic amines) is 1. The van der Waals surface area contributed by atoms with Crippen molar-refractivity contribution in [1.82, 2.24) is 15.1 Å². The Morgan fingerprint density at radius 1 is 1.26 bits per heavy atom. The number of urea groups is 1. The molecule has 2 aliphatic heterocycles. The highest BCUT2D eigenvalue weighted by molar-refractivity contribution is 6.10. The monoisotopic (exact) mass is 323 g/mol. The van der Waals surface area contributed by atoms with Gasteiger partial charge in [-0.3, -0.25) is 9.59 Å². The molecule has 8 nitrogen and oxygen atoms in total. The first-order chi connectivity index (χ1) is 10.9. The van der Waals surface area contributed by atoms with E-state index in [0.717, 1.165) is 17.7 Å². The van der Waals surface area contributed by atoms with Crippen LogP contribution in [-0.2, 0) is 14.4 Å². The lowest BCUT2D eigenvalue weighted by Gasteiger charge is -2.29. The second kappa shape index (κ2) is 5.50. The molecule has 126 valence electrons. The number of imide groups is 1. The molecule has 1 aliphatic carbocycles. The summed E-state index contributed by atoms with van der Waals surface area (Å²) >= 11 is 0. The predicted molar refractivity (Wildman–Crippen MR) is 78.4 cm³/mol. The van der Waals surface area contributed by atoms with E-state index in [1.165, 1.54) is 11.8 Å². The molecule has 3 aliphatic rings. The van der Waals surface area contributed by atoms with Crippen LogP contribution in [0.5, 0.6) is 0 Å². The summed E-state index contributed by atoms with van der Waals surface area (Å²) in [6.45, 7) is 1.83. The highest BCUT2D eigenvalue weighted by Gasteiger charge is 2.55. The van der Waals surface area contributed by atoms with Gasteiger partial charge in [-0.05, 0) is 32.6 Å². The Balaban J connectivity index is 1.78. The molecular weight excluding hydrogens is 302 g/mol. The van der Waals surface area contributed by atoms with Crippen molar-refractivity contribution in [3.63, 3.8) is 0 Å². The second-order valence-electron chi connectivity index (χ2n) is 6.60. The van der Waals surface area contributed by atoms with Crippen LogP contribution in [0.1, 0.15) is 45.4 Å². The molecule has 0 aromatic rings. The number of hydrogen-bond acceptors (Lipinski definition) is 4. The average molecular weight is 323 g/mol. The van der Waals surface area contributed by atoms with Gasteiger partial charge in [-0.25, -0.2) is 14.5 Å². The Bertz CT molecular complexity index is 569. The van der Waals surface area contributed by atoms with Gasteiger partial charge in [-0.1, -0.05) is 12.8 Å². The Morgan fingerprint density at radius 2 is 1.91 bits per heavy atom. The average Bonchev–Trinajstić information content (AvgIpc) is 3.19. The lowest BCUT2D eigenvalue weighted by atomic mass is 9.97. The standard InChI is InChI=1S/C15H21N3O5/c1-9(11(19)17-8-4-5-10(17)12(20)21)18-13(22)15(16-14(18)23)6-2-3-7-15/h9-10H,2-8H2,1H3,(H,16,23)(H,20,21)/t9-,10+/m0/s1. The number of rotatable bonds is 3. The van der Waals surface area contributed by atoms with E-state index in [9.17, 15) is 24.3 Å². The zero-order valence-electron chi connectivity index (χ0n) is 13.1. The van der Waals surface area contributed by atoms with Crippen molar-refractivity contribution in [2.24, 2.45) is 0 Å². The molecule has 3 fully saturated rings. The van der Waals surface area contributed by atoms with Crippen LogP contribution >= 0.6 is 0 Å². The van der Waals surface area contributed by atoms with E-state index in [-0.39, 0.29) is 5.91 Å². The molecule has 4 amide bonds. The molecule has 1 saturated carbocycles. The molecule has 2 heterocycles. The van der Waals surface area contributed by atoms with Crippen molar-refractivity contribution in [2.75, 3.05) is 6.54 Å². The van der Waals surface area contributed by atoms with Gasteiger partial charge in [0.05, 0.1) is 0 Å². The summed E-state index contributed by atoms with van der Waals surface area (Å²) in [7, 11) is 0. The van der Waals surface area contributed by atoms with Crippen molar-refractivity contribution in [2.45, 2.75) is 63.1 Å². The van der Waals surface area contributed by atoms with Gasteiger partial charge in [0.15, 0.2) is 0 Å². The van der Waals surface area contributed by atoms with Crippen molar-refractivity contribution in [3.8, 4) is 0 Å². The van der Waals surface area contributed by atoms with Crippen LogP contribution in [0.2, 0.25) is 0 Å². The SMILES string of the molecule is C[C@@H](C(=O)N1CCC[C@@H]1C(=O)O)N1C(=O)NC2(CCCC2)C1=O. The Kier molecular flexibility index (Phi) is 3.77. The summed E-state index contributed by atoms with van der Waals surface area (Å²) in [4.78, 5) is 51.0. The fourth-order valence-corrected chi connectivity index (χ4v) is 3.95. The minimum Gasteiger partial charge on any atom is -0.480 e. The zero-order chi connectivity index (χ0) is 16.8. The third-order valence-electron chi connectivity index (χ3n) is 5.22. The highest BCUT2D eigenvalue weighted by atomic mass is 16.4. The summed E-state index contributed by atoms with van der Waals surface area (Å²) in [6.07, 6.45) is 3.94. The van der Waals surface area contributed by atoms with Crippen LogP contribution in [0.4, 0.5) is 4.79 Å². The summed E-state index contributed by atoms with van der Waals surface area (Å²) < 4.78 is 0. The summed E-state index contributed by atoms with van der Waals surface area (Å²) in [5.41, 5.74) is -0.858. The molecular formula is C15H21N3O5. The maximum atomic E-state index is 12.7. The van der Waals surface area contributed by atoms with E-state index in [1.54, 1.807) is 0 Å². The van der Waals surface area contributed by atoms with E-state index in [2.05, 4.69) is 5.32 Å². The number of carboxylic acid groups (broad SMARTS) is 1. The number of carbonyl (C=O) groups is 4. The second-order valence-corrected chi connectivity index (χ2v) is 6.60. The topological polar surface area (TPSA) is 107 Å². The minimum absolute atomic E-state index is 0.342. The molecule has 23 heavy (non-hydrogen) atoms. The lowest BCUT2D eigenvalue weighted by molar-refractivity contribution is -0.151. The Hall–Kier alpha value is -2.12. The molecule has 8 heteroatoms. The molecule has 0 aromatic carbocycles. The van der Waals surface area contributed by atoms with Crippen molar-refractivity contribution >= 4 is 23.8 Å². The van der Waals surface area contributed by atoms with Crippen LogP contribution in [0.15, 0.2) is 0 Å². The number of aliphatic carboxylic acids is 1. The molecule has 3 rings (SSSR count). The van der Waals surface area contributed by atoms with Crippen molar-refractivity contribution < 1.29 is 24.3 Å². The van der Waals surface area contributed by atoms with Gasteiger partial charge in [0, 0.05) is 6.54 Å². The van der Waals surface area contributed by atoms with Crippen LogP contribution in [-0.4, -0.2) is 62.9 Å². The number of nitrogens with one attached hydrogen (secondary N) is 1. The van der Waals surface area contributed by atoms with Crippen LogP contribution in [0.25, 0.3) is 0 Å². The van der Waals surface area contributed by atoms with E-state index in [4.69, 9.17) is 0 Å². The minimum atomic E-state index is -1.05. The zero-order valence-corrected chi connectivity index (χ0v) is 13.1. The lowest BCUT2D eigenvalue weighted by Crippen LogP contribution is -2.53. The van der Waals surface area contributed by atoms with Crippen LogP contribution in [0, 0.1) is 0 Å². The van der Waals surface area contributed by atoms with Gasteiger partial charge < -0.3 is 15.3 Å². The quantitative estimate of drug-likeness (QED) is 0.727. The van der Waals surface area contributed by atoms with Crippen molar-refractivity contribution in [3.05, 3.63) is 0 Å². The normalized spacial score (nSPS) is 27.6. The van der Waals surface area contributed by atoms with Crippen LogP contribution < -0.4 is 5.32 Å². The first-order valence-corrected chi connectivity index (χ1v) is 8.06. The molecule has 2 saturated heterocycles. The summed E-state index contributed by atoms with van der Waals surface area (Å²) in [5, 5.41) is 11.9. The fourth-order valence-electron chi connectivity index (χ4n) is 3.95. The first-order valence-electron chi connectivity index (χ1n) is 8.06. The van der Waals surface area contributed by atoms with Gasteiger partial charge in [0.2, 0.25) is 5.91 Å². The molecule has 2 N–H and O–H groups in total. The van der Waals surface area contributed by atoms with Crippen LogP contribution in [0.3, 0.4) is 0 Å². The third-order valence-corrected chi connectivity index (χ3v) is 5.22. The van der Waals surface area contributed by atoms with E-state index in [1.807, 2.05) is 0 Å². The fraction of sp³-hybridized carbons (Fsp3) is 0.733. The molecule has 0 unspecified atom stereocenters. The molecule has 2 atom stereocenters. The van der Waals surface area contributed by atoms with Gasteiger partial charge in [0.1, 0.15) is 17.6 Å². The molecule has 1 spiro atoms. The van der Waals surface area contributed by atoms with Gasteiger partial charge in [-0.15, -0.1) is 0 Å². The van der Waals surface area contributed by atoms with Gasteiger partial charge in [0.25, 0.3) is 5.91 Å². The highest BCUT2D eigenvalue weighted by Crippen LogP contribution is 2.36. The largest absolute Gasteiger partial charge is 0.480 e. The number of hydrogen-bond donors (Lipinski definition) is 2. The molecule has 0 aromatic heterocycles. The maximum Gasteiger partial charge on any atom is 0.326 e. The number of carbonyl (C=O) groups excluding carboxylic acids is 3. The first kappa shape index (κ1) is 15.8. The Morgan fingerprint density at radius 3 is 2.52 bits per heavy atom. The van der Waals surface area contributed by atoms with E-state index >= 15 is 0 Å². The van der Waals surface area contributed by atoms with Gasteiger partial charge >= 0.3 is 12.0 Å². The molecule has 0 radical (unpaired) electrons. The predicted octanol–water partition coefficient (Wildman–Crippen LogP) is 0.315. The van der Waals surface area contributed by atoms with Crippen molar-refractivity contribution in [1.29, 1.82) is 0 Å². The Labute approximate surface area is 133 Å². The van der Waals surface area contributed by atoms with E-state index < -0.39 is 35.5 Å². The number of amides is 4. The summed E-state index contributed by atoms with van der Waals surface area (Å²) in [5.74, 6) is -1.88. The maximum absolute atomic E-state index is 12.7. The number of nitrogens with zero attached hydrogens (tertiary/aromatic N) is 2. The molecule has 0 bridgehead atoms.